The molecule has 0 fully saturated rings. The number of hydrogen-bond acceptors (Lipinski definition) is 6. The molecule has 0 aliphatic carbocycles. The molecule has 132 valence electrons. The first-order valence-corrected chi connectivity index (χ1v) is 9.44. The Balaban J connectivity index is 1.57. The third-order valence-electron chi connectivity index (χ3n) is 3.85. The van der Waals surface area contributed by atoms with E-state index in [4.69, 9.17) is 23.2 Å². The molecule has 1 unspecified atom stereocenters. The number of rotatable bonds is 5. The fourth-order valence-electron chi connectivity index (χ4n) is 2.59. The predicted octanol–water partition coefficient (Wildman–Crippen LogP) is 4.31. The molecule has 0 aliphatic heterocycles. The average molecular weight is 406 g/mol. The van der Waals surface area contributed by atoms with Gasteiger partial charge in [-0.1, -0.05) is 29.3 Å². The van der Waals surface area contributed by atoms with Crippen molar-refractivity contribution in [2.45, 2.75) is 6.10 Å². The number of thiophene rings is 1. The van der Waals surface area contributed by atoms with E-state index in [2.05, 4.69) is 20.6 Å². The Morgan fingerprint density at radius 2 is 1.92 bits per heavy atom. The highest BCUT2D eigenvalue weighted by atomic mass is 35.5. The van der Waals surface area contributed by atoms with Crippen LogP contribution in [0, 0.1) is 0 Å². The summed E-state index contributed by atoms with van der Waals surface area (Å²) >= 11 is 13.9. The van der Waals surface area contributed by atoms with Crippen LogP contribution in [-0.4, -0.2) is 31.5 Å². The van der Waals surface area contributed by atoms with Crippen LogP contribution in [0.1, 0.15) is 11.7 Å². The molecule has 0 saturated heterocycles. The van der Waals surface area contributed by atoms with Crippen LogP contribution in [0.2, 0.25) is 10.0 Å². The maximum Gasteiger partial charge on any atom is 0.186 e. The van der Waals surface area contributed by atoms with Crippen molar-refractivity contribution >= 4 is 46.0 Å². The molecular formula is C17H13Cl2N5OS. The van der Waals surface area contributed by atoms with Crippen molar-refractivity contribution < 1.29 is 5.11 Å². The highest BCUT2D eigenvalue weighted by Crippen LogP contribution is 2.30. The molecule has 9 heteroatoms. The molecule has 26 heavy (non-hydrogen) atoms. The zero-order valence-electron chi connectivity index (χ0n) is 13.3. The van der Waals surface area contributed by atoms with Gasteiger partial charge in [0.05, 0.1) is 6.10 Å². The van der Waals surface area contributed by atoms with Crippen LogP contribution in [0.4, 0.5) is 5.82 Å². The SMILES string of the molecule is OC(CNc1ccc2nnc(-c3ccsc3)n2n1)c1c(Cl)cccc1Cl. The Morgan fingerprint density at radius 3 is 2.65 bits per heavy atom. The summed E-state index contributed by atoms with van der Waals surface area (Å²) in [7, 11) is 0. The molecule has 0 amide bonds. The summed E-state index contributed by atoms with van der Waals surface area (Å²) in [5.41, 5.74) is 2.09. The van der Waals surface area contributed by atoms with Gasteiger partial charge in [0, 0.05) is 33.1 Å². The highest BCUT2D eigenvalue weighted by molar-refractivity contribution is 7.08. The number of fused-ring (bicyclic) bond motifs is 1. The summed E-state index contributed by atoms with van der Waals surface area (Å²) in [5.74, 6) is 1.25. The largest absolute Gasteiger partial charge is 0.386 e. The monoisotopic (exact) mass is 405 g/mol. The van der Waals surface area contributed by atoms with E-state index in [9.17, 15) is 5.11 Å². The molecule has 4 aromatic rings. The number of nitrogens with zero attached hydrogens (tertiary/aromatic N) is 4. The van der Waals surface area contributed by atoms with Crippen LogP contribution >= 0.6 is 34.5 Å². The summed E-state index contributed by atoms with van der Waals surface area (Å²) in [5, 5.41) is 31.2. The number of benzene rings is 1. The summed E-state index contributed by atoms with van der Waals surface area (Å²) in [6.45, 7) is 0.206. The van der Waals surface area contributed by atoms with E-state index in [0.717, 1.165) is 5.56 Å². The third kappa shape index (κ3) is 3.26. The molecule has 3 aromatic heterocycles. The summed E-state index contributed by atoms with van der Waals surface area (Å²) in [6, 6.07) is 10.7. The fraction of sp³-hybridized carbons (Fsp3) is 0.118. The Hall–Kier alpha value is -2.19. The lowest BCUT2D eigenvalue weighted by Gasteiger charge is -2.15. The van der Waals surface area contributed by atoms with Crippen LogP contribution in [0.25, 0.3) is 17.0 Å². The van der Waals surface area contributed by atoms with E-state index >= 15 is 0 Å². The second-order valence-corrected chi connectivity index (χ2v) is 7.15. The number of nitrogens with one attached hydrogen (secondary N) is 1. The Morgan fingerprint density at radius 1 is 1.12 bits per heavy atom. The molecule has 0 bridgehead atoms. The lowest BCUT2D eigenvalue weighted by atomic mass is 10.1. The minimum atomic E-state index is -0.869. The molecule has 0 saturated carbocycles. The average Bonchev–Trinajstić information content (AvgIpc) is 3.28. The van der Waals surface area contributed by atoms with Crippen molar-refractivity contribution in [2.24, 2.45) is 0 Å². The van der Waals surface area contributed by atoms with Crippen molar-refractivity contribution in [1.29, 1.82) is 0 Å². The van der Waals surface area contributed by atoms with E-state index in [1.165, 1.54) is 0 Å². The Kier molecular flexibility index (Phi) is 4.78. The Labute approximate surface area is 163 Å². The topological polar surface area (TPSA) is 75.3 Å². The van der Waals surface area contributed by atoms with Crippen LogP contribution in [0.15, 0.2) is 47.2 Å². The number of halogens is 2. The third-order valence-corrected chi connectivity index (χ3v) is 5.19. The minimum absolute atomic E-state index is 0.206. The van der Waals surface area contributed by atoms with Gasteiger partial charge in [0.15, 0.2) is 11.5 Å². The van der Waals surface area contributed by atoms with E-state index in [1.54, 1.807) is 40.1 Å². The number of anilines is 1. The first kappa shape index (κ1) is 17.2. The Bertz CT molecular complexity index is 1030. The van der Waals surface area contributed by atoms with E-state index in [-0.39, 0.29) is 6.54 Å². The summed E-state index contributed by atoms with van der Waals surface area (Å²) in [6.07, 6.45) is -0.869. The number of hydrogen-bond donors (Lipinski definition) is 2. The standard InChI is InChI=1S/C17H13Cl2N5OS/c18-11-2-1-3-12(19)16(11)13(25)8-20-14-4-5-15-21-22-17(24(15)23-14)10-6-7-26-9-10/h1-7,9,13,25H,8H2,(H,20,23). The first-order chi connectivity index (χ1) is 12.6. The molecule has 0 radical (unpaired) electrons. The van der Waals surface area contributed by atoms with Gasteiger partial charge in [-0.05, 0) is 35.7 Å². The first-order valence-electron chi connectivity index (χ1n) is 7.74. The molecule has 0 aliphatic rings. The number of aliphatic hydroxyl groups is 1. The molecule has 6 nitrogen and oxygen atoms in total. The van der Waals surface area contributed by atoms with E-state index < -0.39 is 6.10 Å². The van der Waals surface area contributed by atoms with Gasteiger partial charge in [0.25, 0.3) is 0 Å². The zero-order valence-corrected chi connectivity index (χ0v) is 15.6. The molecule has 1 aromatic carbocycles. The lowest BCUT2D eigenvalue weighted by molar-refractivity contribution is 0.191. The minimum Gasteiger partial charge on any atom is -0.386 e. The van der Waals surface area contributed by atoms with Crippen molar-refractivity contribution in [3.05, 3.63) is 62.8 Å². The maximum atomic E-state index is 10.4. The fourth-order valence-corrected chi connectivity index (χ4v) is 3.87. The zero-order chi connectivity index (χ0) is 18.1. The van der Waals surface area contributed by atoms with Crippen LogP contribution in [0.5, 0.6) is 0 Å². The summed E-state index contributed by atoms with van der Waals surface area (Å²) in [4.78, 5) is 0. The van der Waals surface area contributed by atoms with Crippen LogP contribution < -0.4 is 5.32 Å². The van der Waals surface area contributed by atoms with Gasteiger partial charge in [-0.15, -0.1) is 15.3 Å². The summed E-state index contributed by atoms with van der Waals surface area (Å²) < 4.78 is 1.67. The number of aliphatic hydroxyl groups excluding tert-OH is 1. The van der Waals surface area contributed by atoms with Gasteiger partial charge in [0.2, 0.25) is 0 Å². The van der Waals surface area contributed by atoms with Gasteiger partial charge in [-0.3, -0.25) is 0 Å². The molecule has 0 spiro atoms. The van der Waals surface area contributed by atoms with Crippen molar-refractivity contribution in [3.63, 3.8) is 0 Å². The van der Waals surface area contributed by atoms with Crippen molar-refractivity contribution in [1.82, 2.24) is 19.8 Å². The molecule has 4 rings (SSSR count). The van der Waals surface area contributed by atoms with Crippen molar-refractivity contribution in [2.75, 3.05) is 11.9 Å². The maximum absolute atomic E-state index is 10.4. The molecule has 2 N–H and O–H groups in total. The smallest absolute Gasteiger partial charge is 0.186 e. The van der Waals surface area contributed by atoms with E-state index in [1.807, 2.05) is 22.9 Å². The van der Waals surface area contributed by atoms with Crippen molar-refractivity contribution in [3.8, 4) is 11.4 Å². The molecule has 3 heterocycles. The van der Waals surface area contributed by atoms with E-state index in [0.29, 0.717) is 32.9 Å². The lowest BCUT2D eigenvalue weighted by Crippen LogP contribution is -2.14. The van der Waals surface area contributed by atoms with Gasteiger partial charge in [-0.2, -0.15) is 15.9 Å². The van der Waals surface area contributed by atoms with Crippen LogP contribution in [0.3, 0.4) is 0 Å². The normalized spacial score (nSPS) is 12.4. The predicted molar refractivity (Wildman–Crippen MR) is 104 cm³/mol. The van der Waals surface area contributed by atoms with Gasteiger partial charge < -0.3 is 10.4 Å². The van der Waals surface area contributed by atoms with Gasteiger partial charge in [-0.25, -0.2) is 0 Å². The van der Waals surface area contributed by atoms with Gasteiger partial charge >= 0.3 is 0 Å². The second-order valence-electron chi connectivity index (χ2n) is 5.56. The number of aromatic nitrogens is 4. The van der Waals surface area contributed by atoms with Gasteiger partial charge in [0.1, 0.15) is 5.82 Å². The molecular weight excluding hydrogens is 393 g/mol. The van der Waals surface area contributed by atoms with Crippen LogP contribution in [-0.2, 0) is 0 Å². The quantitative estimate of drug-likeness (QED) is 0.517. The second kappa shape index (κ2) is 7.20. The highest BCUT2D eigenvalue weighted by Gasteiger charge is 2.16. The molecule has 1 atom stereocenters.